The second-order valence-electron chi connectivity index (χ2n) is 3.11. The highest BCUT2D eigenvalue weighted by Gasteiger charge is 2.23. The second kappa shape index (κ2) is 4.02. The molecule has 1 heterocycles. The Hall–Kier alpha value is -1.36. The first-order valence-corrected chi connectivity index (χ1v) is 5.19. The molecule has 15 heavy (non-hydrogen) atoms. The van der Waals surface area contributed by atoms with Crippen molar-refractivity contribution < 1.29 is 14.7 Å². The van der Waals surface area contributed by atoms with Crippen molar-refractivity contribution in [2.24, 2.45) is 5.16 Å². The fourth-order valence-electron chi connectivity index (χ4n) is 1.43. The highest BCUT2D eigenvalue weighted by molar-refractivity contribution is 9.10. The number of oxime groups is 1. The van der Waals surface area contributed by atoms with Crippen LogP contribution in [0.1, 0.15) is 16.8 Å². The first kappa shape index (κ1) is 10.2. The summed E-state index contributed by atoms with van der Waals surface area (Å²) in [6, 6.07) is 5.18. The molecule has 0 amide bonds. The number of benzene rings is 1. The molecule has 1 aliphatic rings. The van der Waals surface area contributed by atoms with E-state index in [1.54, 1.807) is 18.2 Å². The van der Waals surface area contributed by atoms with Gasteiger partial charge in [0.1, 0.15) is 11.5 Å². The van der Waals surface area contributed by atoms with Gasteiger partial charge in [0.2, 0.25) is 5.78 Å². The highest BCUT2D eigenvalue weighted by Crippen LogP contribution is 2.26. The lowest BCUT2D eigenvalue weighted by molar-refractivity contribution is 0.106. The fraction of sp³-hybridized carbons (Fsp3) is 0.200. The average molecular weight is 270 g/mol. The van der Waals surface area contributed by atoms with Gasteiger partial charge in [-0.05, 0) is 18.2 Å². The number of Topliss-reactive ketones (excluding diaryl/α,β-unsaturated/α-hetero) is 1. The van der Waals surface area contributed by atoms with Crippen LogP contribution in [0.15, 0.2) is 27.8 Å². The Balaban J connectivity index is 2.54. The summed E-state index contributed by atoms with van der Waals surface area (Å²) in [5.74, 6) is 0.244. The van der Waals surface area contributed by atoms with Gasteiger partial charge in [0, 0.05) is 10.9 Å². The van der Waals surface area contributed by atoms with Crippen LogP contribution >= 0.6 is 15.9 Å². The monoisotopic (exact) mass is 269 g/mol. The SMILES string of the molecule is O=C1/C(=N\O)CCOc2ccc(Br)cc21. The first-order valence-electron chi connectivity index (χ1n) is 4.40. The molecule has 1 aromatic carbocycles. The molecular weight excluding hydrogens is 262 g/mol. The van der Waals surface area contributed by atoms with Gasteiger partial charge < -0.3 is 9.94 Å². The van der Waals surface area contributed by atoms with Crippen molar-refractivity contribution in [3.63, 3.8) is 0 Å². The zero-order valence-electron chi connectivity index (χ0n) is 7.74. The van der Waals surface area contributed by atoms with Gasteiger partial charge in [0.05, 0.1) is 12.2 Å². The summed E-state index contributed by atoms with van der Waals surface area (Å²) in [4.78, 5) is 11.8. The number of halogens is 1. The zero-order valence-corrected chi connectivity index (χ0v) is 9.32. The van der Waals surface area contributed by atoms with E-state index in [2.05, 4.69) is 21.1 Å². The zero-order chi connectivity index (χ0) is 10.8. The molecule has 0 unspecified atom stereocenters. The predicted octanol–water partition coefficient (Wildman–Crippen LogP) is 2.24. The van der Waals surface area contributed by atoms with E-state index in [1.807, 2.05) is 0 Å². The highest BCUT2D eigenvalue weighted by atomic mass is 79.9. The molecule has 0 aromatic heterocycles. The molecule has 2 rings (SSSR count). The number of nitrogens with zero attached hydrogens (tertiary/aromatic N) is 1. The lowest BCUT2D eigenvalue weighted by Crippen LogP contribution is -2.13. The minimum atomic E-state index is -0.286. The maximum absolute atomic E-state index is 11.8. The van der Waals surface area contributed by atoms with Gasteiger partial charge in [-0.15, -0.1) is 0 Å². The van der Waals surface area contributed by atoms with E-state index in [-0.39, 0.29) is 11.5 Å². The minimum Gasteiger partial charge on any atom is -0.492 e. The third kappa shape index (κ3) is 1.87. The van der Waals surface area contributed by atoms with Crippen LogP contribution < -0.4 is 4.74 Å². The quantitative estimate of drug-likeness (QED) is 0.581. The summed E-state index contributed by atoms with van der Waals surface area (Å²) < 4.78 is 6.16. The normalized spacial score (nSPS) is 18.2. The molecular formula is C10H8BrNO3. The van der Waals surface area contributed by atoms with Crippen molar-refractivity contribution in [2.75, 3.05) is 6.61 Å². The van der Waals surface area contributed by atoms with E-state index in [0.717, 1.165) is 4.47 Å². The summed E-state index contributed by atoms with van der Waals surface area (Å²) in [6.07, 6.45) is 0.321. The van der Waals surface area contributed by atoms with Gasteiger partial charge >= 0.3 is 0 Å². The van der Waals surface area contributed by atoms with Gasteiger partial charge in [-0.25, -0.2) is 0 Å². The molecule has 0 saturated heterocycles. The van der Waals surface area contributed by atoms with Crippen LogP contribution in [0.3, 0.4) is 0 Å². The Kier molecular flexibility index (Phi) is 2.73. The molecule has 1 aliphatic heterocycles. The van der Waals surface area contributed by atoms with Crippen LogP contribution in [0.2, 0.25) is 0 Å². The summed E-state index contributed by atoms with van der Waals surface area (Å²) in [5, 5.41) is 11.7. The molecule has 0 radical (unpaired) electrons. The molecule has 0 bridgehead atoms. The van der Waals surface area contributed by atoms with Gasteiger partial charge in [0.15, 0.2) is 0 Å². The van der Waals surface area contributed by atoms with E-state index in [9.17, 15) is 4.79 Å². The van der Waals surface area contributed by atoms with Crippen LogP contribution in [0.25, 0.3) is 0 Å². The fourth-order valence-corrected chi connectivity index (χ4v) is 1.79. The summed E-state index contributed by atoms with van der Waals surface area (Å²) in [7, 11) is 0. The van der Waals surface area contributed by atoms with Crippen LogP contribution in [0, 0.1) is 0 Å². The Morgan fingerprint density at radius 3 is 3.00 bits per heavy atom. The number of rotatable bonds is 0. The number of fused-ring (bicyclic) bond motifs is 1. The number of hydrogen-bond donors (Lipinski definition) is 1. The van der Waals surface area contributed by atoms with Gasteiger partial charge in [0.25, 0.3) is 0 Å². The van der Waals surface area contributed by atoms with E-state index in [0.29, 0.717) is 24.3 Å². The van der Waals surface area contributed by atoms with Crippen molar-refractivity contribution in [1.29, 1.82) is 0 Å². The lowest BCUT2D eigenvalue weighted by Gasteiger charge is -2.04. The van der Waals surface area contributed by atoms with Crippen molar-refractivity contribution >= 4 is 27.4 Å². The predicted molar refractivity (Wildman–Crippen MR) is 57.8 cm³/mol. The van der Waals surface area contributed by atoms with Crippen LogP contribution in [-0.2, 0) is 0 Å². The topological polar surface area (TPSA) is 58.9 Å². The Morgan fingerprint density at radius 1 is 1.47 bits per heavy atom. The molecule has 0 atom stereocenters. The van der Waals surface area contributed by atoms with Crippen molar-refractivity contribution in [3.8, 4) is 5.75 Å². The van der Waals surface area contributed by atoms with Crippen molar-refractivity contribution in [2.45, 2.75) is 6.42 Å². The van der Waals surface area contributed by atoms with Gasteiger partial charge in [-0.1, -0.05) is 21.1 Å². The van der Waals surface area contributed by atoms with Gasteiger partial charge in [-0.3, -0.25) is 4.79 Å². The molecule has 0 fully saturated rings. The van der Waals surface area contributed by atoms with E-state index in [1.165, 1.54) is 0 Å². The van der Waals surface area contributed by atoms with Crippen molar-refractivity contribution in [3.05, 3.63) is 28.2 Å². The molecule has 0 spiro atoms. The van der Waals surface area contributed by atoms with Crippen molar-refractivity contribution in [1.82, 2.24) is 0 Å². The maximum atomic E-state index is 11.8. The molecule has 4 nitrogen and oxygen atoms in total. The molecule has 5 heteroatoms. The maximum Gasteiger partial charge on any atom is 0.214 e. The number of carbonyl (C=O) groups excluding carboxylic acids is 1. The molecule has 1 aromatic rings. The lowest BCUT2D eigenvalue weighted by atomic mass is 10.1. The number of hydrogen-bond acceptors (Lipinski definition) is 4. The van der Waals surface area contributed by atoms with E-state index >= 15 is 0 Å². The van der Waals surface area contributed by atoms with E-state index < -0.39 is 0 Å². The number of carbonyl (C=O) groups is 1. The standard InChI is InChI=1S/C10H8BrNO3/c11-6-1-2-9-7(5-6)10(13)8(12-14)3-4-15-9/h1-2,5,14H,3-4H2/b12-8-. The first-order chi connectivity index (χ1) is 7.22. The number of ether oxygens (including phenoxy) is 1. The summed E-state index contributed by atoms with van der Waals surface area (Å²) in [6.45, 7) is 0.347. The third-order valence-electron chi connectivity index (χ3n) is 2.17. The second-order valence-corrected chi connectivity index (χ2v) is 4.03. The largest absolute Gasteiger partial charge is 0.492 e. The summed E-state index contributed by atoms with van der Waals surface area (Å²) >= 11 is 3.28. The Labute approximate surface area is 94.7 Å². The molecule has 0 saturated carbocycles. The van der Waals surface area contributed by atoms with E-state index in [4.69, 9.17) is 9.94 Å². The molecule has 1 N–H and O–H groups in total. The van der Waals surface area contributed by atoms with Crippen LogP contribution in [0.4, 0.5) is 0 Å². The Morgan fingerprint density at radius 2 is 2.27 bits per heavy atom. The average Bonchev–Trinajstić information content (AvgIpc) is 2.39. The third-order valence-corrected chi connectivity index (χ3v) is 2.66. The van der Waals surface area contributed by atoms with Crippen LogP contribution in [0.5, 0.6) is 5.75 Å². The Bertz CT molecular complexity index is 442. The summed E-state index contributed by atoms with van der Waals surface area (Å²) in [5.41, 5.74) is 0.557. The smallest absolute Gasteiger partial charge is 0.214 e. The molecule has 78 valence electrons. The van der Waals surface area contributed by atoms with Crippen LogP contribution in [-0.4, -0.2) is 23.3 Å². The number of ketones is 1. The minimum absolute atomic E-state index is 0.131. The van der Waals surface area contributed by atoms with Gasteiger partial charge in [-0.2, -0.15) is 0 Å². The molecule has 0 aliphatic carbocycles.